The summed E-state index contributed by atoms with van der Waals surface area (Å²) < 4.78 is 14.6. The van der Waals surface area contributed by atoms with Crippen molar-refractivity contribution in [2.24, 2.45) is 5.92 Å². The van der Waals surface area contributed by atoms with Crippen LogP contribution in [0.25, 0.3) is 0 Å². The van der Waals surface area contributed by atoms with Crippen molar-refractivity contribution in [1.29, 1.82) is 0 Å². The van der Waals surface area contributed by atoms with Crippen LogP contribution in [-0.4, -0.2) is 59.7 Å². The molecule has 1 aliphatic rings. The van der Waals surface area contributed by atoms with Gasteiger partial charge in [0.25, 0.3) is 0 Å². The highest BCUT2D eigenvalue weighted by atomic mass is 32.1. The zero-order valence-corrected chi connectivity index (χ0v) is 14.8. The Morgan fingerprint density at radius 3 is 2.73 bits per heavy atom. The zero-order chi connectivity index (χ0) is 16.3. The number of carbonyl (C=O) groups excluding carboxylic acids is 1. The van der Waals surface area contributed by atoms with E-state index in [1.807, 2.05) is 26.8 Å². The monoisotopic (exact) mass is 327 g/mol. The minimum absolute atomic E-state index is 0.210. The van der Waals surface area contributed by atoms with Gasteiger partial charge in [0.15, 0.2) is 0 Å². The van der Waals surface area contributed by atoms with Crippen LogP contribution in [0.2, 0.25) is 0 Å². The maximum atomic E-state index is 11.9. The van der Waals surface area contributed by atoms with Crippen molar-refractivity contribution < 1.29 is 14.3 Å². The molecule has 0 atom stereocenters. The molecule has 1 aromatic rings. The lowest BCUT2D eigenvalue weighted by Gasteiger charge is -2.41. The highest BCUT2D eigenvalue weighted by molar-refractivity contribution is 7.05. The predicted molar refractivity (Wildman–Crippen MR) is 86.3 cm³/mol. The van der Waals surface area contributed by atoms with Crippen molar-refractivity contribution in [2.45, 2.75) is 32.9 Å². The normalized spacial score (nSPS) is 15.8. The van der Waals surface area contributed by atoms with Gasteiger partial charge < -0.3 is 19.3 Å². The molecule has 1 saturated heterocycles. The number of ether oxygens (including phenoxy) is 2. The van der Waals surface area contributed by atoms with E-state index in [1.165, 1.54) is 16.4 Å². The Bertz CT molecular complexity index is 506. The van der Waals surface area contributed by atoms with Crippen LogP contribution < -0.4 is 4.74 Å². The van der Waals surface area contributed by atoms with Crippen molar-refractivity contribution in [1.82, 2.24) is 14.2 Å². The van der Waals surface area contributed by atoms with E-state index < -0.39 is 5.60 Å². The van der Waals surface area contributed by atoms with E-state index in [4.69, 9.17) is 9.47 Å². The molecule has 22 heavy (non-hydrogen) atoms. The van der Waals surface area contributed by atoms with Crippen LogP contribution in [0.1, 0.15) is 25.6 Å². The summed E-state index contributed by atoms with van der Waals surface area (Å²) in [7, 11) is 3.71. The zero-order valence-electron chi connectivity index (χ0n) is 14.0. The highest BCUT2D eigenvalue weighted by Gasteiger charge is 2.34. The van der Waals surface area contributed by atoms with Crippen LogP contribution in [-0.2, 0) is 11.3 Å². The van der Waals surface area contributed by atoms with E-state index >= 15 is 0 Å². The molecule has 0 bridgehead atoms. The van der Waals surface area contributed by atoms with Crippen LogP contribution in [0, 0.1) is 5.92 Å². The number of hydrogen-bond acceptors (Lipinski definition) is 6. The minimum atomic E-state index is -0.426. The molecule has 0 spiro atoms. The molecule has 124 valence electrons. The van der Waals surface area contributed by atoms with Gasteiger partial charge in [0.2, 0.25) is 5.88 Å². The van der Waals surface area contributed by atoms with Crippen LogP contribution in [0.15, 0.2) is 6.07 Å². The molecule has 0 radical (unpaired) electrons. The van der Waals surface area contributed by atoms with Crippen molar-refractivity contribution >= 4 is 17.6 Å². The van der Waals surface area contributed by atoms with Gasteiger partial charge in [0.1, 0.15) is 5.60 Å². The van der Waals surface area contributed by atoms with Crippen LogP contribution in [0.5, 0.6) is 5.88 Å². The van der Waals surface area contributed by atoms with Gasteiger partial charge in [-0.1, -0.05) is 0 Å². The smallest absolute Gasteiger partial charge is 0.410 e. The SMILES string of the molecule is COc1cc(CN(C)CC2CN(C(=O)OC(C)(C)C)C2)sn1. The molecule has 7 heteroatoms. The Morgan fingerprint density at radius 2 is 2.18 bits per heavy atom. The van der Waals surface area contributed by atoms with Crippen molar-refractivity contribution in [2.75, 3.05) is 33.8 Å². The summed E-state index contributed by atoms with van der Waals surface area (Å²) in [5.74, 6) is 1.18. The van der Waals surface area contributed by atoms with Crippen molar-refractivity contribution in [3.8, 4) is 5.88 Å². The van der Waals surface area contributed by atoms with Gasteiger partial charge in [-0.25, -0.2) is 4.79 Å². The average molecular weight is 327 g/mol. The molecular formula is C15H25N3O3S. The first-order valence-electron chi connectivity index (χ1n) is 7.43. The summed E-state index contributed by atoms with van der Waals surface area (Å²) >= 11 is 1.47. The summed E-state index contributed by atoms with van der Waals surface area (Å²) in [5, 5.41) is 0. The first-order valence-corrected chi connectivity index (χ1v) is 8.20. The van der Waals surface area contributed by atoms with E-state index in [9.17, 15) is 4.79 Å². The fraction of sp³-hybridized carbons (Fsp3) is 0.733. The quantitative estimate of drug-likeness (QED) is 0.831. The Balaban J connectivity index is 1.69. The van der Waals surface area contributed by atoms with Crippen LogP contribution in [0.4, 0.5) is 4.79 Å². The van der Waals surface area contributed by atoms with Gasteiger partial charge in [-0.05, 0) is 39.4 Å². The number of aromatic nitrogens is 1. The maximum absolute atomic E-state index is 11.9. The number of likely N-dealkylation sites (tertiary alicyclic amines) is 1. The minimum Gasteiger partial charge on any atom is -0.480 e. The van der Waals surface area contributed by atoms with Gasteiger partial charge in [-0.15, -0.1) is 0 Å². The van der Waals surface area contributed by atoms with Crippen LogP contribution >= 0.6 is 11.5 Å². The second-order valence-electron chi connectivity index (χ2n) is 6.78. The molecule has 1 amide bonds. The third-order valence-corrected chi connectivity index (χ3v) is 4.10. The molecule has 2 rings (SSSR count). The topological polar surface area (TPSA) is 54.9 Å². The van der Waals surface area contributed by atoms with Gasteiger partial charge >= 0.3 is 6.09 Å². The lowest BCUT2D eigenvalue weighted by molar-refractivity contribution is -0.00548. The van der Waals surface area contributed by atoms with Crippen LogP contribution in [0.3, 0.4) is 0 Å². The second-order valence-corrected chi connectivity index (χ2v) is 7.67. The highest BCUT2D eigenvalue weighted by Crippen LogP contribution is 2.22. The molecule has 1 aliphatic heterocycles. The third-order valence-electron chi connectivity index (χ3n) is 3.35. The van der Waals surface area contributed by atoms with E-state index in [2.05, 4.69) is 16.3 Å². The number of amides is 1. The molecular weight excluding hydrogens is 302 g/mol. The number of carbonyl (C=O) groups is 1. The molecule has 0 unspecified atom stereocenters. The summed E-state index contributed by atoms with van der Waals surface area (Å²) in [6, 6.07) is 1.97. The predicted octanol–water partition coefficient (Wildman–Crippen LogP) is 2.45. The Kier molecular flexibility index (Phi) is 5.28. The molecule has 0 aromatic carbocycles. The molecule has 0 aliphatic carbocycles. The Morgan fingerprint density at radius 1 is 1.50 bits per heavy atom. The van der Waals surface area contributed by atoms with Gasteiger partial charge in [-0.3, -0.25) is 0 Å². The molecule has 1 aromatic heterocycles. The number of methoxy groups -OCH3 is 1. The Hall–Kier alpha value is -1.34. The lowest BCUT2D eigenvalue weighted by atomic mass is 10.0. The fourth-order valence-electron chi connectivity index (χ4n) is 2.40. The van der Waals surface area contributed by atoms with Crippen molar-refractivity contribution in [3.63, 3.8) is 0 Å². The maximum Gasteiger partial charge on any atom is 0.410 e. The fourth-order valence-corrected chi connectivity index (χ4v) is 3.16. The number of rotatable bonds is 5. The average Bonchev–Trinajstić information content (AvgIpc) is 2.78. The van der Waals surface area contributed by atoms with E-state index in [1.54, 1.807) is 12.0 Å². The third kappa shape index (κ3) is 4.84. The second kappa shape index (κ2) is 6.83. The molecule has 0 saturated carbocycles. The van der Waals surface area contributed by atoms with E-state index in [0.29, 0.717) is 11.8 Å². The molecule has 6 nitrogen and oxygen atoms in total. The summed E-state index contributed by atoms with van der Waals surface area (Å²) in [6.45, 7) is 9.01. The van der Waals surface area contributed by atoms with E-state index in [-0.39, 0.29) is 6.09 Å². The van der Waals surface area contributed by atoms with Crippen molar-refractivity contribution in [3.05, 3.63) is 10.9 Å². The number of hydrogen-bond donors (Lipinski definition) is 0. The first-order chi connectivity index (χ1) is 10.3. The first kappa shape index (κ1) is 17.0. The van der Waals surface area contributed by atoms with Gasteiger partial charge in [0.05, 0.1) is 7.11 Å². The number of nitrogens with zero attached hydrogens (tertiary/aromatic N) is 3. The summed E-state index contributed by atoms with van der Waals surface area (Å²) in [4.78, 5) is 17.1. The molecule has 2 heterocycles. The standard InChI is InChI=1S/C15H25N3O3S/c1-15(2,3)21-14(19)18-8-11(9-18)7-17(4)10-12-6-13(20-5)16-22-12/h6,11H,7-10H2,1-5H3. The summed E-state index contributed by atoms with van der Waals surface area (Å²) in [5.41, 5.74) is -0.426. The van der Waals surface area contributed by atoms with Gasteiger partial charge in [-0.2, -0.15) is 4.37 Å². The molecule has 0 N–H and O–H groups in total. The van der Waals surface area contributed by atoms with Gasteiger partial charge in [0, 0.05) is 43.0 Å². The lowest BCUT2D eigenvalue weighted by Crippen LogP contribution is -2.54. The molecule has 1 fully saturated rings. The van der Waals surface area contributed by atoms with E-state index in [0.717, 1.165) is 26.2 Å². The summed E-state index contributed by atoms with van der Waals surface area (Å²) in [6.07, 6.45) is -0.210. The Labute approximate surface area is 136 Å². The largest absolute Gasteiger partial charge is 0.480 e.